The third kappa shape index (κ3) is 6.84. The van der Waals surface area contributed by atoms with Gasteiger partial charge in [-0.15, -0.1) is 11.3 Å². The van der Waals surface area contributed by atoms with E-state index in [2.05, 4.69) is 18.8 Å². The highest BCUT2D eigenvalue weighted by molar-refractivity contribution is 7.93. The lowest BCUT2D eigenvalue weighted by atomic mass is 9.60. The number of fused-ring (bicyclic) bond motifs is 2. The van der Waals surface area contributed by atoms with Crippen LogP contribution in [0.25, 0.3) is 10.2 Å². The van der Waals surface area contributed by atoms with Crippen molar-refractivity contribution in [3.8, 4) is 0 Å². The van der Waals surface area contributed by atoms with Crippen LogP contribution in [0, 0.1) is 23.2 Å². The second-order valence-electron chi connectivity index (χ2n) is 13.1. The number of para-hydroxylation sites is 1. The topological polar surface area (TPSA) is 56.3 Å². The van der Waals surface area contributed by atoms with E-state index in [1.165, 1.54) is 16.9 Å². The highest BCUT2D eigenvalue weighted by Gasteiger charge is 2.50. The van der Waals surface area contributed by atoms with Gasteiger partial charge in [0.25, 0.3) is 0 Å². The van der Waals surface area contributed by atoms with Crippen LogP contribution in [0.15, 0.2) is 40.3 Å². The molecule has 0 N–H and O–H groups in total. The molecular formula is C30H45F2NO3S2Si. The molecule has 2 aliphatic carbocycles. The average Bonchev–Trinajstić information content (AvgIpc) is 3.48. The molecule has 1 aromatic heterocycles. The van der Waals surface area contributed by atoms with Crippen LogP contribution in [-0.2, 0) is 14.3 Å². The predicted octanol–water partition coefficient (Wildman–Crippen LogP) is 8.55. The van der Waals surface area contributed by atoms with Crippen LogP contribution in [-0.4, -0.2) is 46.4 Å². The summed E-state index contributed by atoms with van der Waals surface area (Å²) in [6, 6.07) is 7.54. The molecule has 1 heterocycles. The van der Waals surface area contributed by atoms with E-state index in [0.717, 1.165) is 55.2 Å². The average molecular weight is 598 g/mol. The first-order valence-corrected chi connectivity index (χ1v) is 20.3. The van der Waals surface area contributed by atoms with E-state index < -0.39 is 37.1 Å². The highest BCUT2D eigenvalue weighted by atomic mass is 32.2. The number of halogens is 2. The molecular weight excluding hydrogens is 553 g/mol. The maximum absolute atomic E-state index is 13.9. The van der Waals surface area contributed by atoms with Gasteiger partial charge in [-0.1, -0.05) is 50.5 Å². The molecule has 4 atom stereocenters. The van der Waals surface area contributed by atoms with Crippen molar-refractivity contribution in [2.75, 3.05) is 19.1 Å². The Morgan fingerprint density at radius 2 is 1.95 bits per heavy atom. The maximum atomic E-state index is 13.9. The molecule has 0 radical (unpaired) electrons. The molecule has 4 nitrogen and oxygen atoms in total. The summed E-state index contributed by atoms with van der Waals surface area (Å²) >= 11 is 1.25. The van der Waals surface area contributed by atoms with Crippen LogP contribution >= 0.6 is 11.3 Å². The van der Waals surface area contributed by atoms with Crippen LogP contribution in [0.3, 0.4) is 0 Å². The van der Waals surface area contributed by atoms with Gasteiger partial charge >= 0.3 is 0 Å². The summed E-state index contributed by atoms with van der Waals surface area (Å²) in [6.45, 7) is 9.07. The van der Waals surface area contributed by atoms with Crippen LogP contribution in [0.1, 0.15) is 65.2 Å². The Bertz CT molecular complexity index is 1240. The Balaban J connectivity index is 1.41. The Morgan fingerprint density at radius 3 is 2.62 bits per heavy atom. The van der Waals surface area contributed by atoms with Crippen LogP contribution in [0.5, 0.6) is 0 Å². The van der Waals surface area contributed by atoms with Crippen LogP contribution in [0.2, 0.25) is 19.6 Å². The zero-order valence-electron chi connectivity index (χ0n) is 24.1. The third-order valence-corrected chi connectivity index (χ3v) is 13.2. The summed E-state index contributed by atoms with van der Waals surface area (Å²) < 4.78 is 61.2. The van der Waals surface area contributed by atoms with Crippen molar-refractivity contribution in [1.82, 2.24) is 4.98 Å². The van der Waals surface area contributed by atoms with Crippen molar-refractivity contribution < 1.29 is 21.6 Å². The minimum absolute atomic E-state index is 0.000585. The van der Waals surface area contributed by atoms with Crippen molar-refractivity contribution in [2.45, 2.75) is 94.8 Å². The first-order valence-electron chi connectivity index (χ1n) is 14.4. The lowest BCUT2D eigenvalue weighted by Crippen LogP contribution is -2.46. The number of benzene rings is 1. The van der Waals surface area contributed by atoms with Gasteiger partial charge in [-0.3, -0.25) is 0 Å². The quantitative estimate of drug-likeness (QED) is 0.182. The van der Waals surface area contributed by atoms with Gasteiger partial charge in [-0.05, 0) is 93.5 Å². The number of alkyl halides is 2. The van der Waals surface area contributed by atoms with Gasteiger partial charge in [0.15, 0.2) is 8.32 Å². The molecule has 1 aromatic carbocycles. The molecule has 2 aromatic rings. The molecule has 0 saturated heterocycles. The Labute approximate surface area is 238 Å². The van der Waals surface area contributed by atoms with Crippen LogP contribution in [0.4, 0.5) is 8.78 Å². The Hall–Kier alpha value is -1.16. The molecule has 0 bridgehead atoms. The first-order chi connectivity index (χ1) is 18.3. The fraction of sp³-hybridized carbons (Fsp3) is 0.700. The van der Waals surface area contributed by atoms with Gasteiger partial charge in [0, 0.05) is 0 Å². The number of rotatable bonds is 12. The summed E-state index contributed by atoms with van der Waals surface area (Å²) in [5.74, 6) is 1.36. The monoisotopic (exact) mass is 597 g/mol. The maximum Gasteiger partial charge on any atom is 0.210 e. The second-order valence-corrected chi connectivity index (χ2v) is 20.8. The zero-order valence-corrected chi connectivity index (χ0v) is 26.8. The van der Waals surface area contributed by atoms with Gasteiger partial charge < -0.3 is 4.43 Å². The zero-order chi connectivity index (χ0) is 28.5. The number of hydrogen-bond donors (Lipinski definition) is 0. The van der Waals surface area contributed by atoms with Crippen LogP contribution < -0.4 is 0 Å². The van der Waals surface area contributed by atoms with Crippen molar-refractivity contribution in [3.63, 3.8) is 0 Å². The number of thiazole rings is 1. The van der Waals surface area contributed by atoms with Crippen molar-refractivity contribution in [3.05, 3.63) is 35.9 Å². The standard InChI is InChI=1S/C30H45F2NO3S2Si/c1-22(10-8-18-30(20-31,21-32)36-39(3,4)5)24-14-15-25-23(11-9-17-29(24,25)2)16-19-38(34,35)28-33-26-12-6-7-13-27(26)37-28/h6-7,12-13,16,22,24-25H,8-11,14-15,17-21H2,1-5H3/b23-16+/t22-,24-,25+,29-/m1/s1. The molecule has 2 aliphatic rings. The van der Waals surface area contributed by atoms with Gasteiger partial charge in [0.05, 0.1) is 16.0 Å². The van der Waals surface area contributed by atoms with Gasteiger partial charge in [-0.2, -0.15) is 0 Å². The van der Waals surface area contributed by atoms with E-state index >= 15 is 0 Å². The lowest BCUT2D eigenvalue weighted by molar-refractivity contribution is -0.000903. The molecule has 0 unspecified atom stereocenters. The molecule has 0 spiro atoms. The minimum atomic E-state index is -3.48. The largest absolute Gasteiger partial charge is 0.407 e. The highest BCUT2D eigenvalue weighted by Crippen LogP contribution is 2.60. The SMILES string of the molecule is C[C@H](CCCC(CF)(CF)O[Si](C)(C)C)[C@H]1CC[C@H]2/C(=C/CS(=O)(=O)c3nc4ccccc4s3)CCC[C@]12C. The number of aromatic nitrogens is 1. The molecule has 2 saturated carbocycles. The molecule has 0 aliphatic heterocycles. The van der Waals surface area contributed by atoms with Gasteiger partial charge in [-0.25, -0.2) is 22.2 Å². The molecule has 39 heavy (non-hydrogen) atoms. The fourth-order valence-corrected chi connectivity index (χ4v) is 11.4. The van der Waals surface area contributed by atoms with Crippen molar-refractivity contribution in [1.29, 1.82) is 0 Å². The predicted molar refractivity (Wildman–Crippen MR) is 160 cm³/mol. The summed E-state index contributed by atoms with van der Waals surface area (Å²) in [6.07, 6.45) is 9.45. The molecule has 2 fully saturated rings. The number of allylic oxidation sites excluding steroid dienone is 1. The van der Waals surface area contributed by atoms with E-state index in [4.69, 9.17) is 4.43 Å². The Kier molecular flexibility index (Phi) is 9.46. The van der Waals surface area contributed by atoms with E-state index in [0.29, 0.717) is 24.2 Å². The van der Waals surface area contributed by atoms with Crippen molar-refractivity contribution >= 4 is 39.7 Å². The number of nitrogens with zero attached hydrogens (tertiary/aromatic N) is 1. The minimum Gasteiger partial charge on any atom is -0.407 e. The lowest BCUT2D eigenvalue weighted by Gasteiger charge is -2.44. The third-order valence-electron chi connectivity index (χ3n) is 9.13. The first kappa shape index (κ1) is 30.8. The molecule has 4 rings (SSSR count). The second kappa shape index (κ2) is 12.0. The number of hydrogen-bond acceptors (Lipinski definition) is 5. The van der Waals surface area contributed by atoms with E-state index in [1.807, 2.05) is 50.0 Å². The summed E-state index contributed by atoms with van der Waals surface area (Å²) in [5.41, 5.74) is 0.867. The van der Waals surface area contributed by atoms with Gasteiger partial charge in [0.1, 0.15) is 19.0 Å². The van der Waals surface area contributed by atoms with Crippen molar-refractivity contribution in [2.24, 2.45) is 23.2 Å². The summed E-state index contributed by atoms with van der Waals surface area (Å²) in [5, 5.41) is 0. The Morgan fingerprint density at radius 1 is 1.23 bits per heavy atom. The van der Waals surface area contributed by atoms with E-state index in [9.17, 15) is 17.2 Å². The number of sulfone groups is 1. The normalized spacial score (nSPS) is 26.3. The summed E-state index contributed by atoms with van der Waals surface area (Å²) in [4.78, 5) is 4.39. The van der Waals surface area contributed by atoms with Gasteiger partial charge in [0.2, 0.25) is 14.2 Å². The smallest absolute Gasteiger partial charge is 0.210 e. The van der Waals surface area contributed by atoms with E-state index in [1.54, 1.807) is 0 Å². The fourth-order valence-electron chi connectivity index (χ4n) is 7.40. The molecule has 9 heteroatoms. The summed E-state index contributed by atoms with van der Waals surface area (Å²) in [7, 11) is -5.55. The molecule has 218 valence electrons. The van der Waals surface area contributed by atoms with E-state index in [-0.39, 0.29) is 15.5 Å². The molecule has 0 amide bonds.